The number of nitrogens with one attached hydrogen (secondary N) is 2. The number of benzene rings is 2. The first-order valence-electron chi connectivity index (χ1n) is 9.77. The third-order valence-corrected chi connectivity index (χ3v) is 6.96. The van der Waals surface area contributed by atoms with Crippen molar-refractivity contribution in [1.82, 2.24) is 9.62 Å². The molecule has 0 aliphatic carbocycles. The minimum atomic E-state index is -3.56. The molecule has 8 heteroatoms. The van der Waals surface area contributed by atoms with Crippen LogP contribution in [0.25, 0.3) is 0 Å². The summed E-state index contributed by atoms with van der Waals surface area (Å²) in [6, 6.07) is 15.1. The molecule has 0 spiro atoms. The summed E-state index contributed by atoms with van der Waals surface area (Å²) in [5.41, 5.74) is 0.806. The number of anilines is 1. The van der Waals surface area contributed by atoms with E-state index in [0.717, 1.165) is 0 Å². The molecule has 0 unspecified atom stereocenters. The molecular formula is C22H25N3O4S. The van der Waals surface area contributed by atoms with Crippen LogP contribution in [0.5, 0.6) is 0 Å². The highest BCUT2D eigenvalue weighted by Crippen LogP contribution is 2.25. The zero-order chi connectivity index (χ0) is 21.6. The minimum Gasteiger partial charge on any atom is -0.349 e. The molecule has 2 N–H and O–H groups in total. The summed E-state index contributed by atoms with van der Waals surface area (Å²) in [6.07, 6.45) is 2.42. The van der Waals surface area contributed by atoms with Crippen molar-refractivity contribution in [3.05, 3.63) is 72.8 Å². The van der Waals surface area contributed by atoms with Crippen molar-refractivity contribution in [3.8, 4) is 0 Å². The summed E-state index contributed by atoms with van der Waals surface area (Å²) < 4.78 is 26.9. The van der Waals surface area contributed by atoms with E-state index in [4.69, 9.17) is 0 Å². The molecule has 0 radical (unpaired) electrons. The number of para-hydroxylation sites is 1. The predicted octanol–water partition coefficient (Wildman–Crippen LogP) is 2.64. The van der Waals surface area contributed by atoms with Gasteiger partial charge in [-0.25, -0.2) is 8.42 Å². The fourth-order valence-corrected chi connectivity index (χ4v) is 4.88. The second-order valence-electron chi connectivity index (χ2n) is 7.02. The van der Waals surface area contributed by atoms with Crippen LogP contribution < -0.4 is 10.6 Å². The van der Waals surface area contributed by atoms with Crippen LogP contribution in [0.3, 0.4) is 0 Å². The van der Waals surface area contributed by atoms with E-state index in [9.17, 15) is 18.0 Å². The maximum absolute atomic E-state index is 12.8. The molecule has 158 valence electrons. The van der Waals surface area contributed by atoms with Gasteiger partial charge in [-0.1, -0.05) is 36.4 Å². The first-order valence-corrected chi connectivity index (χ1v) is 11.2. The molecule has 2 aromatic carbocycles. The number of carbonyl (C=O) groups excluding carboxylic acids is 2. The van der Waals surface area contributed by atoms with Gasteiger partial charge in [-0.3, -0.25) is 9.59 Å². The van der Waals surface area contributed by atoms with Crippen LogP contribution in [0, 0.1) is 5.92 Å². The molecule has 2 amide bonds. The highest BCUT2D eigenvalue weighted by molar-refractivity contribution is 7.89. The van der Waals surface area contributed by atoms with Gasteiger partial charge >= 0.3 is 0 Å². The van der Waals surface area contributed by atoms with E-state index < -0.39 is 10.0 Å². The van der Waals surface area contributed by atoms with Crippen molar-refractivity contribution in [2.24, 2.45) is 5.92 Å². The molecule has 1 saturated heterocycles. The number of piperidine rings is 1. The molecule has 1 aliphatic heterocycles. The van der Waals surface area contributed by atoms with Crippen LogP contribution in [0.4, 0.5) is 5.69 Å². The normalized spacial score (nSPS) is 15.3. The largest absolute Gasteiger partial charge is 0.349 e. The fraction of sp³-hybridized carbons (Fsp3) is 0.273. The van der Waals surface area contributed by atoms with Gasteiger partial charge in [-0.15, -0.1) is 6.58 Å². The maximum atomic E-state index is 12.8. The third-order valence-electron chi connectivity index (χ3n) is 5.04. The Labute approximate surface area is 176 Å². The minimum absolute atomic E-state index is 0.212. The summed E-state index contributed by atoms with van der Waals surface area (Å²) in [5, 5.41) is 5.53. The van der Waals surface area contributed by atoms with Crippen LogP contribution >= 0.6 is 0 Å². The van der Waals surface area contributed by atoms with Gasteiger partial charge in [-0.2, -0.15) is 4.31 Å². The summed E-state index contributed by atoms with van der Waals surface area (Å²) in [6.45, 7) is 4.45. The number of hydrogen-bond acceptors (Lipinski definition) is 4. The molecule has 0 aromatic heterocycles. The number of carbonyl (C=O) groups is 2. The molecule has 1 heterocycles. The van der Waals surface area contributed by atoms with E-state index in [1.807, 2.05) is 0 Å². The zero-order valence-corrected chi connectivity index (χ0v) is 17.4. The van der Waals surface area contributed by atoms with Gasteiger partial charge in [0.15, 0.2) is 0 Å². The SMILES string of the molecule is C=CCNC(=O)c1ccccc1NC(=O)C1CCN(S(=O)(=O)c2ccccc2)CC1. The lowest BCUT2D eigenvalue weighted by molar-refractivity contribution is -0.120. The standard InChI is InChI=1S/C22H25N3O4S/c1-2-14-23-22(27)19-10-6-7-11-20(19)24-21(26)17-12-15-25(16-13-17)30(28,29)18-8-4-3-5-9-18/h2-11,17H,1,12-16H2,(H,23,27)(H,24,26). The van der Waals surface area contributed by atoms with Gasteiger partial charge in [0.1, 0.15) is 0 Å². The Morgan fingerprint density at radius 1 is 1.03 bits per heavy atom. The van der Waals surface area contributed by atoms with Crippen LogP contribution in [0.2, 0.25) is 0 Å². The first kappa shape index (κ1) is 21.7. The van der Waals surface area contributed by atoms with E-state index in [0.29, 0.717) is 30.6 Å². The van der Waals surface area contributed by atoms with Gasteiger partial charge in [0.05, 0.1) is 16.1 Å². The zero-order valence-electron chi connectivity index (χ0n) is 16.6. The Morgan fingerprint density at radius 2 is 1.67 bits per heavy atom. The molecule has 2 aromatic rings. The lowest BCUT2D eigenvalue weighted by Gasteiger charge is -2.30. The van der Waals surface area contributed by atoms with Crippen molar-refractivity contribution in [2.45, 2.75) is 17.7 Å². The molecule has 0 atom stereocenters. The van der Waals surface area contributed by atoms with Crippen molar-refractivity contribution < 1.29 is 18.0 Å². The highest BCUT2D eigenvalue weighted by atomic mass is 32.2. The molecule has 1 fully saturated rings. The van der Waals surface area contributed by atoms with E-state index in [-0.39, 0.29) is 35.7 Å². The Kier molecular flexibility index (Phi) is 7.02. The summed E-state index contributed by atoms with van der Waals surface area (Å²) in [5.74, 6) is -0.832. The van der Waals surface area contributed by atoms with Crippen LogP contribution in [0.15, 0.2) is 72.1 Å². The second-order valence-corrected chi connectivity index (χ2v) is 8.96. The molecule has 0 bridgehead atoms. The summed E-state index contributed by atoms with van der Waals surface area (Å²) in [4.78, 5) is 25.3. The van der Waals surface area contributed by atoms with Gasteiger partial charge in [0.25, 0.3) is 5.91 Å². The van der Waals surface area contributed by atoms with Gasteiger partial charge in [0.2, 0.25) is 15.9 Å². The Bertz CT molecular complexity index is 1010. The fourth-order valence-electron chi connectivity index (χ4n) is 3.38. The molecular weight excluding hydrogens is 402 g/mol. The van der Waals surface area contributed by atoms with E-state index in [1.54, 1.807) is 60.7 Å². The van der Waals surface area contributed by atoms with Crippen LogP contribution in [0.1, 0.15) is 23.2 Å². The lowest BCUT2D eigenvalue weighted by atomic mass is 9.97. The van der Waals surface area contributed by atoms with E-state index in [2.05, 4.69) is 17.2 Å². The van der Waals surface area contributed by atoms with Gasteiger partial charge < -0.3 is 10.6 Å². The molecule has 1 aliphatic rings. The van der Waals surface area contributed by atoms with Crippen LogP contribution in [-0.4, -0.2) is 44.2 Å². The average Bonchev–Trinajstić information content (AvgIpc) is 2.78. The number of nitrogens with zero attached hydrogens (tertiary/aromatic N) is 1. The topological polar surface area (TPSA) is 95.6 Å². The average molecular weight is 428 g/mol. The van der Waals surface area contributed by atoms with Gasteiger partial charge in [-0.05, 0) is 37.1 Å². The number of hydrogen-bond donors (Lipinski definition) is 2. The molecule has 0 saturated carbocycles. The summed E-state index contributed by atoms with van der Waals surface area (Å²) >= 11 is 0. The van der Waals surface area contributed by atoms with Gasteiger partial charge in [0, 0.05) is 25.6 Å². The van der Waals surface area contributed by atoms with E-state index in [1.165, 1.54) is 4.31 Å². The van der Waals surface area contributed by atoms with Crippen molar-refractivity contribution in [2.75, 3.05) is 25.0 Å². The number of rotatable bonds is 7. The van der Waals surface area contributed by atoms with Crippen molar-refractivity contribution in [1.29, 1.82) is 0 Å². The summed E-state index contributed by atoms with van der Waals surface area (Å²) in [7, 11) is -3.56. The smallest absolute Gasteiger partial charge is 0.253 e. The number of amides is 2. The van der Waals surface area contributed by atoms with E-state index >= 15 is 0 Å². The second kappa shape index (κ2) is 9.69. The molecule has 7 nitrogen and oxygen atoms in total. The highest BCUT2D eigenvalue weighted by Gasteiger charge is 2.32. The maximum Gasteiger partial charge on any atom is 0.253 e. The molecule has 30 heavy (non-hydrogen) atoms. The first-order chi connectivity index (χ1) is 14.4. The molecule has 3 rings (SSSR count). The Balaban J connectivity index is 1.63. The Morgan fingerprint density at radius 3 is 2.33 bits per heavy atom. The quantitative estimate of drug-likeness (QED) is 0.664. The van der Waals surface area contributed by atoms with Crippen molar-refractivity contribution >= 4 is 27.5 Å². The van der Waals surface area contributed by atoms with Crippen LogP contribution in [-0.2, 0) is 14.8 Å². The monoisotopic (exact) mass is 427 g/mol. The number of sulfonamides is 1. The Hall–Kier alpha value is -2.97. The third kappa shape index (κ3) is 4.95. The lowest BCUT2D eigenvalue weighted by Crippen LogP contribution is -2.41. The van der Waals surface area contributed by atoms with Crippen molar-refractivity contribution in [3.63, 3.8) is 0 Å². The predicted molar refractivity (Wildman–Crippen MR) is 116 cm³/mol.